The van der Waals surface area contributed by atoms with Crippen molar-refractivity contribution >= 4 is 35.1 Å². The summed E-state index contributed by atoms with van der Waals surface area (Å²) in [6.45, 7) is 2.97. The number of para-hydroxylation sites is 1. The average Bonchev–Trinajstić information content (AvgIpc) is 2.65. The van der Waals surface area contributed by atoms with E-state index in [1.54, 1.807) is 31.2 Å². The molecule has 0 fully saturated rings. The number of carbonyl (C=O) groups is 2. The van der Waals surface area contributed by atoms with E-state index >= 15 is 0 Å². The normalized spacial score (nSPS) is 11.0. The monoisotopic (exact) mass is 403 g/mol. The van der Waals surface area contributed by atoms with Gasteiger partial charge in [0.15, 0.2) is 5.78 Å². The number of ketones is 1. The molecular formula is C20H18ClNO6. The molecule has 0 aliphatic carbocycles. The van der Waals surface area contributed by atoms with Gasteiger partial charge in [0.25, 0.3) is 0 Å². The third-order valence-electron chi connectivity index (χ3n) is 3.69. The molecule has 146 valence electrons. The van der Waals surface area contributed by atoms with Crippen LogP contribution < -0.4 is 4.74 Å². The average molecular weight is 404 g/mol. The van der Waals surface area contributed by atoms with E-state index in [1.165, 1.54) is 31.2 Å². The van der Waals surface area contributed by atoms with Crippen LogP contribution in [0.1, 0.15) is 25.0 Å². The van der Waals surface area contributed by atoms with E-state index in [0.29, 0.717) is 5.02 Å². The van der Waals surface area contributed by atoms with Gasteiger partial charge in [0.05, 0.1) is 11.5 Å². The van der Waals surface area contributed by atoms with Crippen molar-refractivity contribution in [1.82, 2.24) is 0 Å². The number of nitrogens with zero attached hydrogens (tertiary/aromatic N) is 1. The summed E-state index contributed by atoms with van der Waals surface area (Å²) in [6, 6.07) is 11.1. The Balaban J connectivity index is 2.45. The van der Waals surface area contributed by atoms with Crippen molar-refractivity contribution in [2.45, 2.75) is 20.5 Å². The highest BCUT2D eigenvalue weighted by Gasteiger charge is 2.22. The first-order valence-electron chi connectivity index (χ1n) is 8.37. The molecule has 2 rings (SSSR count). The van der Waals surface area contributed by atoms with E-state index in [2.05, 4.69) is 0 Å². The van der Waals surface area contributed by atoms with Crippen molar-refractivity contribution < 1.29 is 24.0 Å². The van der Waals surface area contributed by atoms with Crippen LogP contribution in [0.5, 0.6) is 5.75 Å². The van der Waals surface area contributed by atoms with Crippen LogP contribution in [0, 0.1) is 10.1 Å². The van der Waals surface area contributed by atoms with Crippen molar-refractivity contribution in [2.24, 2.45) is 0 Å². The Kier molecular flexibility index (Phi) is 7.28. The summed E-state index contributed by atoms with van der Waals surface area (Å²) in [6.07, 6.45) is 1.24. The first-order chi connectivity index (χ1) is 13.3. The first kappa shape index (κ1) is 21.1. The molecule has 0 heterocycles. The zero-order valence-electron chi connectivity index (χ0n) is 15.3. The van der Waals surface area contributed by atoms with E-state index in [4.69, 9.17) is 21.1 Å². The molecule has 0 amide bonds. The van der Waals surface area contributed by atoms with Crippen LogP contribution in [0.3, 0.4) is 0 Å². The van der Waals surface area contributed by atoms with E-state index in [9.17, 15) is 19.7 Å². The number of nitro groups is 1. The SMILES string of the molecule is CCOC(=O)/C(=C/c1cccc([N+](=O)[O-])c1OCc1ccc(Cl)cc1)C(C)=O. The number of Topliss-reactive ketones (excluding diaryl/α,β-unsaturated/α-hetero) is 1. The van der Waals surface area contributed by atoms with Gasteiger partial charge in [0.2, 0.25) is 5.75 Å². The van der Waals surface area contributed by atoms with Crippen LogP contribution >= 0.6 is 11.6 Å². The molecule has 0 radical (unpaired) electrons. The second kappa shape index (κ2) is 9.66. The molecule has 0 spiro atoms. The summed E-state index contributed by atoms with van der Waals surface area (Å²) >= 11 is 5.85. The molecule has 0 saturated heterocycles. The molecule has 0 bridgehead atoms. The molecule has 8 heteroatoms. The van der Waals surface area contributed by atoms with E-state index in [1.807, 2.05) is 0 Å². The maximum absolute atomic E-state index is 12.0. The number of hydrogen-bond acceptors (Lipinski definition) is 6. The Labute approximate surface area is 166 Å². The molecule has 28 heavy (non-hydrogen) atoms. The number of nitro benzene ring substituents is 1. The largest absolute Gasteiger partial charge is 0.482 e. The van der Waals surface area contributed by atoms with Crippen molar-refractivity contribution in [2.75, 3.05) is 6.61 Å². The van der Waals surface area contributed by atoms with Crippen molar-refractivity contribution in [1.29, 1.82) is 0 Å². The lowest BCUT2D eigenvalue weighted by Gasteiger charge is -2.11. The highest BCUT2D eigenvalue weighted by Crippen LogP contribution is 2.33. The van der Waals surface area contributed by atoms with Gasteiger partial charge in [-0.15, -0.1) is 0 Å². The first-order valence-corrected chi connectivity index (χ1v) is 8.75. The topological polar surface area (TPSA) is 95.7 Å². The molecular weight excluding hydrogens is 386 g/mol. The standard InChI is InChI=1S/C20H18ClNO6/c1-3-27-20(24)17(13(2)23)11-15-5-4-6-18(22(25)26)19(15)28-12-14-7-9-16(21)10-8-14/h4-11H,3,12H2,1-2H3/b17-11+. The fourth-order valence-corrected chi connectivity index (χ4v) is 2.49. The van der Waals surface area contributed by atoms with Crippen molar-refractivity contribution in [3.63, 3.8) is 0 Å². The molecule has 2 aromatic carbocycles. The maximum Gasteiger partial charge on any atom is 0.341 e. The molecule has 0 atom stereocenters. The lowest BCUT2D eigenvalue weighted by Crippen LogP contribution is -2.13. The minimum Gasteiger partial charge on any atom is -0.482 e. The number of carbonyl (C=O) groups excluding carboxylic acids is 2. The zero-order valence-corrected chi connectivity index (χ0v) is 16.1. The molecule has 0 unspecified atom stereocenters. The lowest BCUT2D eigenvalue weighted by atomic mass is 10.1. The highest BCUT2D eigenvalue weighted by molar-refractivity contribution is 6.30. The van der Waals surface area contributed by atoms with Crippen LogP contribution in [-0.2, 0) is 20.9 Å². The Bertz CT molecular complexity index is 921. The minimum absolute atomic E-state index is 0.0394. The summed E-state index contributed by atoms with van der Waals surface area (Å²) in [5.74, 6) is -1.37. The molecule has 7 nitrogen and oxygen atoms in total. The Morgan fingerprint density at radius 1 is 1.18 bits per heavy atom. The number of hydrogen-bond donors (Lipinski definition) is 0. The molecule has 0 aromatic heterocycles. The molecule has 0 aliphatic heterocycles. The lowest BCUT2D eigenvalue weighted by molar-refractivity contribution is -0.386. The van der Waals surface area contributed by atoms with E-state index in [0.717, 1.165) is 5.56 Å². The van der Waals surface area contributed by atoms with Crippen LogP contribution in [0.4, 0.5) is 5.69 Å². The summed E-state index contributed by atoms with van der Waals surface area (Å²) in [5, 5.41) is 12.0. The van der Waals surface area contributed by atoms with Gasteiger partial charge >= 0.3 is 11.7 Å². The number of ether oxygens (including phenoxy) is 2. The maximum atomic E-state index is 12.0. The number of benzene rings is 2. The smallest absolute Gasteiger partial charge is 0.341 e. The second-order valence-electron chi connectivity index (χ2n) is 5.70. The van der Waals surface area contributed by atoms with Gasteiger partial charge in [-0.25, -0.2) is 4.79 Å². The predicted molar refractivity (Wildman–Crippen MR) is 104 cm³/mol. The van der Waals surface area contributed by atoms with Gasteiger partial charge in [0.1, 0.15) is 12.2 Å². The van der Waals surface area contributed by atoms with Crippen LogP contribution in [0.2, 0.25) is 5.02 Å². The van der Waals surface area contributed by atoms with E-state index in [-0.39, 0.29) is 35.8 Å². The predicted octanol–water partition coefficient (Wildman–Crippen LogP) is 4.36. The zero-order chi connectivity index (χ0) is 20.7. The molecule has 0 aliphatic rings. The second-order valence-corrected chi connectivity index (χ2v) is 6.14. The van der Waals surface area contributed by atoms with E-state index < -0.39 is 16.7 Å². The molecule has 0 saturated carbocycles. The fraction of sp³-hybridized carbons (Fsp3) is 0.200. The number of rotatable bonds is 8. The van der Waals surface area contributed by atoms with Gasteiger partial charge in [0, 0.05) is 16.7 Å². The minimum atomic E-state index is -0.801. The Hall–Kier alpha value is -3.19. The van der Waals surface area contributed by atoms with Gasteiger partial charge in [-0.2, -0.15) is 0 Å². The third-order valence-corrected chi connectivity index (χ3v) is 3.94. The van der Waals surface area contributed by atoms with Crippen molar-refractivity contribution in [3.05, 3.63) is 74.3 Å². The van der Waals surface area contributed by atoms with Crippen LogP contribution in [0.15, 0.2) is 48.0 Å². The quantitative estimate of drug-likeness (QED) is 0.162. The molecule has 2 aromatic rings. The fourth-order valence-electron chi connectivity index (χ4n) is 2.36. The third kappa shape index (κ3) is 5.40. The van der Waals surface area contributed by atoms with Crippen molar-refractivity contribution in [3.8, 4) is 5.75 Å². The van der Waals surface area contributed by atoms with Crippen LogP contribution in [0.25, 0.3) is 6.08 Å². The Morgan fingerprint density at radius 2 is 1.86 bits per heavy atom. The van der Waals surface area contributed by atoms with Gasteiger partial charge < -0.3 is 9.47 Å². The summed E-state index contributed by atoms with van der Waals surface area (Å²) < 4.78 is 10.6. The Morgan fingerprint density at radius 3 is 2.43 bits per heavy atom. The number of halogens is 1. The summed E-state index contributed by atoms with van der Waals surface area (Å²) in [5.41, 5.74) is 0.462. The number of esters is 1. The summed E-state index contributed by atoms with van der Waals surface area (Å²) in [4.78, 5) is 34.7. The van der Waals surface area contributed by atoms with Gasteiger partial charge in [-0.3, -0.25) is 14.9 Å². The van der Waals surface area contributed by atoms with Crippen LogP contribution in [-0.4, -0.2) is 23.3 Å². The van der Waals surface area contributed by atoms with Gasteiger partial charge in [-0.1, -0.05) is 35.9 Å². The summed E-state index contributed by atoms with van der Waals surface area (Å²) in [7, 11) is 0. The molecule has 0 N–H and O–H groups in total. The highest BCUT2D eigenvalue weighted by atomic mass is 35.5. The van der Waals surface area contributed by atoms with Gasteiger partial charge in [-0.05, 0) is 37.6 Å².